The molecule has 2 aromatic rings. The standard InChI is InChI=1S/C15H21N3O/c1-11(19-3)4-5-12-6-8-13(9-7-12)14-10-17-18(2)15(14)16/h6-11H,4-5,16H2,1-3H3. The maximum atomic E-state index is 5.97. The lowest BCUT2D eigenvalue weighted by molar-refractivity contribution is 0.111. The van der Waals surface area contributed by atoms with Crippen LogP contribution in [0.2, 0.25) is 0 Å². The van der Waals surface area contributed by atoms with Crippen LogP contribution in [-0.2, 0) is 18.2 Å². The molecule has 1 aromatic carbocycles. The van der Waals surface area contributed by atoms with Gasteiger partial charge in [0.1, 0.15) is 5.82 Å². The number of ether oxygens (including phenoxy) is 1. The summed E-state index contributed by atoms with van der Waals surface area (Å²) < 4.78 is 6.94. The highest BCUT2D eigenvalue weighted by Gasteiger charge is 2.07. The fourth-order valence-electron chi connectivity index (χ4n) is 2.01. The van der Waals surface area contributed by atoms with Gasteiger partial charge in [-0.05, 0) is 30.9 Å². The molecule has 102 valence electrons. The summed E-state index contributed by atoms with van der Waals surface area (Å²) in [5.41, 5.74) is 9.38. The number of methoxy groups -OCH3 is 1. The molecule has 1 aromatic heterocycles. The van der Waals surface area contributed by atoms with Crippen molar-refractivity contribution in [1.82, 2.24) is 9.78 Å². The van der Waals surface area contributed by atoms with Crippen LogP contribution in [0.25, 0.3) is 11.1 Å². The smallest absolute Gasteiger partial charge is 0.129 e. The fourth-order valence-corrected chi connectivity index (χ4v) is 2.01. The average molecular weight is 259 g/mol. The largest absolute Gasteiger partial charge is 0.383 e. The van der Waals surface area contributed by atoms with Gasteiger partial charge in [0.15, 0.2) is 0 Å². The lowest BCUT2D eigenvalue weighted by atomic mass is 10.0. The molecule has 0 aliphatic heterocycles. The molecule has 0 saturated carbocycles. The number of rotatable bonds is 5. The molecule has 4 heteroatoms. The average Bonchev–Trinajstić information content (AvgIpc) is 2.77. The number of nitrogens with zero attached hydrogens (tertiary/aromatic N) is 2. The van der Waals surface area contributed by atoms with Crippen LogP contribution in [0.1, 0.15) is 18.9 Å². The normalized spacial score (nSPS) is 12.6. The van der Waals surface area contributed by atoms with Crippen LogP contribution in [0.4, 0.5) is 5.82 Å². The molecule has 0 bridgehead atoms. The molecule has 1 heterocycles. The first kappa shape index (κ1) is 13.6. The summed E-state index contributed by atoms with van der Waals surface area (Å²) in [5, 5.41) is 4.16. The second-order valence-electron chi connectivity index (χ2n) is 4.85. The Kier molecular flexibility index (Phi) is 4.22. The number of hydrogen-bond acceptors (Lipinski definition) is 3. The molecule has 1 atom stereocenters. The summed E-state index contributed by atoms with van der Waals surface area (Å²) in [5.74, 6) is 0.695. The van der Waals surface area contributed by atoms with Crippen molar-refractivity contribution in [3.05, 3.63) is 36.0 Å². The van der Waals surface area contributed by atoms with Gasteiger partial charge in [-0.1, -0.05) is 24.3 Å². The van der Waals surface area contributed by atoms with Gasteiger partial charge in [-0.3, -0.25) is 4.68 Å². The molecule has 0 aliphatic carbocycles. The molecule has 4 nitrogen and oxygen atoms in total. The Morgan fingerprint density at radius 1 is 1.32 bits per heavy atom. The van der Waals surface area contributed by atoms with Gasteiger partial charge >= 0.3 is 0 Å². The van der Waals surface area contributed by atoms with Crippen molar-refractivity contribution in [2.24, 2.45) is 7.05 Å². The highest BCUT2D eigenvalue weighted by atomic mass is 16.5. The molecule has 0 aliphatic rings. The summed E-state index contributed by atoms with van der Waals surface area (Å²) in [6.45, 7) is 2.09. The third-order valence-corrected chi connectivity index (χ3v) is 3.49. The van der Waals surface area contributed by atoms with Crippen molar-refractivity contribution < 1.29 is 4.74 Å². The van der Waals surface area contributed by atoms with Crippen LogP contribution in [0.3, 0.4) is 0 Å². The molecule has 0 saturated heterocycles. The molecule has 0 amide bonds. The van der Waals surface area contributed by atoms with Crippen LogP contribution < -0.4 is 5.73 Å². The van der Waals surface area contributed by atoms with Crippen molar-refractivity contribution in [3.8, 4) is 11.1 Å². The predicted molar refractivity (Wildman–Crippen MR) is 77.8 cm³/mol. The quantitative estimate of drug-likeness (QED) is 0.898. The second-order valence-corrected chi connectivity index (χ2v) is 4.85. The Morgan fingerprint density at radius 2 is 2.00 bits per heavy atom. The number of hydrogen-bond donors (Lipinski definition) is 1. The van der Waals surface area contributed by atoms with Crippen LogP contribution in [0.15, 0.2) is 30.5 Å². The summed E-state index contributed by atoms with van der Waals surface area (Å²) in [4.78, 5) is 0. The van der Waals surface area contributed by atoms with E-state index in [-0.39, 0.29) is 0 Å². The Balaban J connectivity index is 2.08. The summed E-state index contributed by atoms with van der Waals surface area (Å²) in [6.07, 6.45) is 4.16. The van der Waals surface area contributed by atoms with Crippen molar-refractivity contribution >= 4 is 5.82 Å². The van der Waals surface area contributed by atoms with E-state index in [1.807, 2.05) is 7.05 Å². The topological polar surface area (TPSA) is 53.1 Å². The first-order valence-electron chi connectivity index (χ1n) is 6.51. The molecule has 0 fully saturated rings. The number of benzene rings is 1. The lowest BCUT2D eigenvalue weighted by Crippen LogP contribution is -2.05. The molecule has 19 heavy (non-hydrogen) atoms. The maximum absolute atomic E-state index is 5.97. The summed E-state index contributed by atoms with van der Waals surface area (Å²) >= 11 is 0. The minimum Gasteiger partial charge on any atom is -0.383 e. The zero-order chi connectivity index (χ0) is 13.8. The third-order valence-electron chi connectivity index (χ3n) is 3.49. The zero-order valence-corrected chi connectivity index (χ0v) is 11.8. The van der Waals surface area contributed by atoms with Gasteiger partial charge in [-0.25, -0.2) is 0 Å². The van der Waals surface area contributed by atoms with E-state index in [9.17, 15) is 0 Å². The second kappa shape index (κ2) is 5.89. The van der Waals surface area contributed by atoms with Gasteiger partial charge in [0, 0.05) is 19.7 Å². The highest BCUT2D eigenvalue weighted by molar-refractivity contribution is 5.73. The van der Waals surface area contributed by atoms with Crippen molar-refractivity contribution in [2.45, 2.75) is 25.9 Å². The molecule has 1 unspecified atom stereocenters. The van der Waals surface area contributed by atoms with Crippen LogP contribution in [0.5, 0.6) is 0 Å². The Hall–Kier alpha value is -1.81. The fraction of sp³-hybridized carbons (Fsp3) is 0.400. The van der Waals surface area contributed by atoms with E-state index in [0.717, 1.165) is 24.0 Å². The number of aromatic nitrogens is 2. The van der Waals surface area contributed by atoms with E-state index in [1.54, 1.807) is 18.0 Å². The number of aryl methyl sites for hydroxylation is 2. The SMILES string of the molecule is COC(C)CCc1ccc(-c2cnn(C)c2N)cc1. The Bertz CT molecular complexity index is 531. The monoisotopic (exact) mass is 259 g/mol. The first-order valence-corrected chi connectivity index (χ1v) is 6.51. The highest BCUT2D eigenvalue weighted by Crippen LogP contribution is 2.25. The molecular formula is C15H21N3O. The third kappa shape index (κ3) is 3.15. The predicted octanol–water partition coefficient (Wildman–Crippen LogP) is 2.64. The molecule has 2 N–H and O–H groups in total. The van der Waals surface area contributed by atoms with Gasteiger partial charge in [0.05, 0.1) is 12.3 Å². The van der Waals surface area contributed by atoms with Crippen LogP contribution >= 0.6 is 0 Å². The number of nitrogen functional groups attached to an aromatic ring is 1. The zero-order valence-electron chi connectivity index (χ0n) is 11.8. The molecular weight excluding hydrogens is 238 g/mol. The van der Waals surface area contributed by atoms with Gasteiger partial charge < -0.3 is 10.5 Å². The summed E-state index contributed by atoms with van der Waals surface area (Å²) in [6, 6.07) is 8.48. The van der Waals surface area contributed by atoms with Crippen LogP contribution in [-0.4, -0.2) is 23.0 Å². The van der Waals surface area contributed by atoms with Crippen molar-refractivity contribution in [3.63, 3.8) is 0 Å². The van der Waals surface area contributed by atoms with Crippen LogP contribution in [0, 0.1) is 0 Å². The van der Waals surface area contributed by atoms with E-state index >= 15 is 0 Å². The first-order chi connectivity index (χ1) is 9.11. The summed E-state index contributed by atoms with van der Waals surface area (Å²) in [7, 11) is 3.60. The Labute approximate surface area is 114 Å². The molecule has 0 spiro atoms. The van der Waals surface area contributed by atoms with Gasteiger partial charge in [0.2, 0.25) is 0 Å². The van der Waals surface area contributed by atoms with Gasteiger partial charge in [-0.2, -0.15) is 5.10 Å². The minimum atomic E-state index is 0.300. The molecule has 0 radical (unpaired) electrons. The maximum Gasteiger partial charge on any atom is 0.129 e. The van der Waals surface area contributed by atoms with E-state index < -0.39 is 0 Å². The van der Waals surface area contributed by atoms with Gasteiger partial charge in [-0.15, -0.1) is 0 Å². The van der Waals surface area contributed by atoms with E-state index in [1.165, 1.54) is 5.56 Å². The van der Waals surface area contributed by atoms with E-state index in [0.29, 0.717) is 11.9 Å². The van der Waals surface area contributed by atoms with E-state index in [4.69, 9.17) is 10.5 Å². The Morgan fingerprint density at radius 3 is 2.53 bits per heavy atom. The molecule has 2 rings (SSSR count). The number of nitrogens with two attached hydrogens (primary N) is 1. The lowest BCUT2D eigenvalue weighted by Gasteiger charge is -2.09. The number of anilines is 1. The minimum absolute atomic E-state index is 0.300. The van der Waals surface area contributed by atoms with E-state index in [2.05, 4.69) is 36.3 Å². The van der Waals surface area contributed by atoms with Gasteiger partial charge in [0.25, 0.3) is 0 Å². The van der Waals surface area contributed by atoms with Crippen molar-refractivity contribution in [1.29, 1.82) is 0 Å². The van der Waals surface area contributed by atoms with Crippen molar-refractivity contribution in [2.75, 3.05) is 12.8 Å².